The second kappa shape index (κ2) is 12.1. The van der Waals surface area contributed by atoms with Gasteiger partial charge in [-0.3, -0.25) is 4.79 Å². The van der Waals surface area contributed by atoms with Gasteiger partial charge >= 0.3 is 0 Å². The summed E-state index contributed by atoms with van der Waals surface area (Å²) in [4.78, 5) is 10.9. The lowest BCUT2D eigenvalue weighted by Crippen LogP contribution is -2.25. The standard InChI is InChI=1S/C21H34O3/c1-3-4-5-10-15-20(23)16-11-7-12-17-21(2,24-18-22)19-13-8-6-9-14-19/h6,8-9,13-14,18,20,23H,3-5,7,10-12,15-17H2,1-2H3. The van der Waals surface area contributed by atoms with Crippen molar-refractivity contribution < 1.29 is 14.6 Å². The van der Waals surface area contributed by atoms with Gasteiger partial charge in [0.2, 0.25) is 0 Å². The van der Waals surface area contributed by atoms with Gasteiger partial charge in [0.05, 0.1) is 6.10 Å². The summed E-state index contributed by atoms with van der Waals surface area (Å²) < 4.78 is 5.39. The van der Waals surface area contributed by atoms with Crippen LogP contribution in [0.2, 0.25) is 0 Å². The first-order valence-corrected chi connectivity index (χ1v) is 9.47. The van der Waals surface area contributed by atoms with Gasteiger partial charge in [0, 0.05) is 0 Å². The number of carbonyl (C=O) groups excluding carboxylic acids is 1. The summed E-state index contributed by atoms with van der Waals surface area (Å²) in [7, 11) is 0. The molecule has 1 aromatic carbocycles. The molecule has 136 valence electrons. The SMILES string of the molecule is CCCCCCC(O)CCCCCC(C)(OC=O)c1ccccc1. The van der Waals surface area contributed by atoms with Crippen LogP contribution in [0.25, 0.3) is 0 Å². The minimum atomic E-state index is -0.554. The van der Waals surface area contributed by atoms with Crippen LogP contribution in [0, 0.1) is 0 Å². The van der Waals surface area contributed by atoms with Crippen molar-refractivity contribution >= 4 is 6.47 Å². The molecule has 0 saturated carbocycles. The second-order valence-electron chi connectivity index (χ2n) is 6.91. The van der Waals surface area contributed by atoms with Crippen LogP contribution in [0.4, 0.5) is 0 Å². The molecule has 0 radical (unpaired) electrons. The molecule has 0 spiro atoms. The van der Waals surface area contributed by atoms with E-state index in [4.69, 9.17) is 4.74 Å². The zero-order chi connectivity index (χ0) is 17.7. The van der Waals surface area contributed by atoms with Gasteiger partial charge in [-0.05, 0) is 38.2 Å². The largest absolute Gasteiger partial charge is 0.457 e. The van der Waals surface area contributed by atoms with E-state index in [1.165, 1.54) is 19.3 Å². The first-order chi connectivity index (χ1) is 11.6. The summed E-state index contributed by atoms with van der Waals surface area (Å²) in [6.45, 7) is 4.72. The van der Waals surface area contributed by atoms with Crippen molar-refractivity contribution in [3.63, 3.8) is 0 Å². The van der Waals surface area contributed by atoms with Gasteiger partial charge in [-0.25, -0.2) is 0 Å². The van der Waals surface area contributed by atoms with Crippen molar-refractivity contribution in [2.75, 3.05) is 0 Å². The van der Waals surface area contributed by atoms with E-state index < -0.39 is 5.60 Å². The second-order valence-corrected chi connectivity index (χ2v) is 6.91. The molecule has 0 aliphatic carbocycles. The van der Waals surface area contributed by atoms with E-state index in [1.54, 1.807) is 0 Å². The number of rotatable bonds is 14. The minimum absolute atomic E-state index is 0.159. The van der Waals surface area contributed by atoms with E-state index in [0.717, 1.165) is 50.5 Å². The van der Waals surface area contributed by atoms with E-state index in [9.17, 15) is 9.90 Å². The molecule has 0 heterocycles. The maximum absolute atomic E-state index is 10.9. The number of ether oxygens (including phenoxy) is 1. The molecular formula is C21H34O3. The van der Waals surface area contributed by atoms with Crippen LogP contribution in [0.5, 0.6) is 0 Å². The highest BCUT2D eigenvalue weighted by Gasteiger charge is 2.27. The summed E-state index contributed by atoms with van der Waals surface area (Å²) in [5.41, 5.74) is 0.481. The van der Waals surface area contributed by atoms with Gasteiger partial charge in [0.15, 0.2) is 0 Å². The number of aliphatic hydroxyl groups excluding tert-OH is 1. The lowest BCUT2D eigenvalue weighted by molar-refractivity contribution is -0.143. The summed E-state index contributed by atoms with van der Waals surface area (Å²) in [5.74, 6) is 0. The lowest BCUT2D eigenvalue weighted by atomic mass is 9.89. The maximum Gasteiger partial charge on any atom is 0.293 e. The molecule has 3 heteroatoms. The van der Waals surface area contributed by atoms with E-state index >= 15 is 0 Å². The van der Waals surface area contributed by atoms with Gasteiger partial charge in [-0.1, -0.05) is 75.8 Å². The molecule has 0 aliphatic heterocycles. The number of hydrogen-bond donors (Lipinski definition) is 1. The third kappa shape index (κ3) is 7.96. The number of unbranched alkanes of at least 4 members (excludes halogenated alkanes) is 5. The van der Waals surface area contributed by atoms with Crippen molar-refractivity contribution in [3.05, 3.63) is 35.9 Å². The van der Waals surface area contributed by atoms with Crippen molar-refractivity contribution in [1.82, 2.24) is 0 Å². The van der Waals surface area contributed by atoms with Crippen molar-refractivity contribution in [2.45, 2.75) is 89.8 Å². The van der Waals surface area contributed by atoms with Gasteiger partial charge in [-0.15, -0.1) is 0 Å². The number of benzene rings is 1. The van der Waals surface area contributed by atoms with E-state index in [1.807, 2.05) is 37.3 Å². The summed E-state index contributed by atoms with van der Waals surface area (Å²) in [6.07, 6.45) is 10.4. The quantitative estimate of drug-likeness (QED) is 0.368. The lowest BCUT2D eigenvalue weighted by Gasteiger charge is -2.28. The molecule has 1 N–H and O–H groups in total. The minimum Gasteiger partial charge on any atom is -0.457 e. The fraction of sp³-hybridized carbons (Fsp3) is 0.667. The fourth-order valence-electron chi connectivity index (χ4n) is 3.14. The van der Waals surface area contributed by atoms with Crippen LogP contribution >= 0.6 is 0 Å². The summed E-state index contributed by atoms with van der Waals surface area (Å²) >= 11 is 0. The zero-order valence-corrected chi connectivity index (χ0v) is 15.4. The third-order valence-corrected chi connectivity index (χ3v) is 4.77. The fourth-order valence-corrected chi connectivity index (χ4v) is 3.14. The molecule has 0 aromatic heterocycles. The molecule has 1 aromatic rings. The number of hydrogen-bond acceptors (Lipinski definition) is 3. The maximum atomic E-state index is 10.9. The summed E-state index contributed by atoms with van der Waals surface area (Å²) in [6, 6.07) is 9.91. The average Bonchev–Trinajstić information content (AvgIpc) is 2.59. The van der Waals surface area contributed by atoms with E-state index in [0.29, 0.717) is 6.47 Å². The average molecular weight is 334 g/mol. The molecule has 24 heavy (non-hydrogen) atoms. The highest BCUT2D eigenvalue weighted by atomic mass is 16.5. The Morgan fingerprint density at radius 1 is 1.04 bits per heavy atom. The Labute approximate surface area is 147 Å². The molecule has 2 unspecified atom stereocenters. The van der Waals surface area contributed by atoms with Crippen molar-refractivity contribution in [3.8, 4) is 0 Å². The Kier molecular flexibility index (Phi) is 10.4. The molecular weight excluding hydrogens is 300 g/mol. The van der Waals surface area contributed by atoms with Gasteiger partial charge in [-0.2, -0.15) is 0 Å². The Morgan fingerprint density at radius 3 is 2.25 bits per heavy atom. The van der Waals surface area contributed by atoms with Gasteiger partial charge < -0.3 is 9.84 Å². The van der Waals surface area contributed by atoms with Crippen molar-refractivity contribution in [1.29, 1.82) is 0 Å². The van der Waals surface area contributed by atoms with Gasteiger partial charge in [0.1, 0.15) is 5.60 Å². The molecule has 1 rings (SSSR count). The Morgan fingerprint density at radius 2 is 1.67 bits per heavy atom. The molecule has 0 saturated heterocycles. The Balaban J connectivity index is 2.25. The molecule has 0 aliphatic rings. The first-order valence-electron chi connectivity index (χ1n) is 9.47. The van der Waals surface area contributed by atoms with Crippen LogP contribution in [-0.2, 0) is 15.1 Å². The van der Waals surface area contributed by atoms with Crippen LogP contribution in [0.1, 0.15) is 83.6 Å². The normalized spacial score (nSPS) is 14.8. The molecule has 0 fully saturated rings. The highest BCUT2D eigenvalue weighted by Crippen LogP contribution is 2.30. The number of carbonyl (C=O) groups is 1. The van der Waals surface area contributed by atoms with Crippen molar-refractivity contribution in [2.24, 2.45) is 0 Å². The summed E-state index contributed by atoms with van der Waals surface area (Å²) in [5, 5.41) is 10.00. The Hall–Kier alpha value is -1.35. The third-order valence-electron chi connectivity index (χ3n) is 4.77. The topological polar surface area (TPSA) is 46.5 Å². The van der Waals surface area contributed by atoms with Crippen LogP contribution in [0.15, 0.2) is 30.3 Å². The van der Waals surface area contributed by atoms with Crippen LogP contribution < -0.4 is 0 Å². The molecule has 0 bridgehead atoms. The van der Waals surface area contributed by atoms with Crippen LogP contribution in [0.3, 0.4) is 0 Å². The molecule has 0 amide bonds. The van der Waals surface area contributed by atoms with Gasteiger partial charge in [0.25, 0.3) is 6.47 Å². The smallest absolute Gasteiger partial charge is 0.293 e. The first kappa shape index (κ1) is 20.7. The highest BCUT2D eigenvalue weighted by molar-refractivity contribution is 5.40. The predicted octanol–water partition coefficient (Wildman–Crippen LogP) is 5.36. The Bertz CT molecular complexity index is 432. The van der Waals surface area contributed by atoms with Crippen LogP contribution in [-0.4, -0.2) is 17.7 Å². The van der Waals surface area contributed by atoms with E-state index in [-0.39, 0.29) is 6.10 Å². The van der Waals surface area contributed by atoms with E-state index in [2.05, 4.69) is 6.92 Å². The monoisotopic (exact) mass is 334 g/mol. The zero-order valence-electron chi connectivity index (χ0n) is 15.4. The molecule has 3 nitrogen and oxygen atoms in total. The predicted molar refractivity (Wildman–Crippen MR) is 98.8 cm³/mol. The molecule has 2 atom stereocenters. The number of aliphatic hydroxyl groups is 1.